The lowest BCUT2D eigenvalue weighted by Gasteiger charge is -2.09. The van der Waals surface area contributed by atoms with Crippen molar-refractivity contribution in [2.45, 2.75) is 6.92 Å². The van der Waals surface area contributed by atoms with E-state index in [0.717, 1.165) is 11.6 Å². The molecule has 0 unspecified atom stereocenters. The minimum absolute atomic E-state index is 0.164. The van der Waals surface area contributed by atoms with Crippen LogP contribution in [0.15, 0.2) is 42.5 Å². The summed E-state index contributed by atoms with van der Waals surface area (Å²) in [5, 5.41) is 0. The summed E-state index contributed by atoms with van der Waals surface area (Å²) in [6, 6.07) is 11.2. The maximum absolute atomic E-state index is 13.2. The molecule has 0 saturated heterocycles. The molecule has 2 aromatic carbocycles. The summed E-state index contributed by atoms with van der Waals surface area (Å²) in [4.78, 5) is 12.0. The van der Waals surface area contributed by atoms with Crippen LogP contribution in [0.4, 0.5) is 4.39 Å². The molecule has 2 rings (SSSR count). The van der Waals surface area contributed by atoms with Crippen LogP contribution in [-0.2, 0) is 0 Å². The highest BCUT2D eigenvalue weighted by molar-refractivity contribution is 5.99. The Labute approximate surface area is 117 Å². The van der Waals surface area contributed by atoms with Crippen LogP contribution in [0.5, 0.6) is 11.5 Å². The van der Waals surface area contributed by atoms with E-state index in [2.05, 4.69) is 0 Å². The number of methoxy groups -OCH3 is 1. The fourth-order valence-corrected chi connectivity index (χ4v) is 1.76. The molecule has 0 atom stereocenters. The highest BCUT2D eigenvalue weighted by atomic mass is 19.1. The number of benzene rings is 2. The van der Waals surface area contributed by atoms with Gasteiger partial charge in [-0.25, -0.2) is 4.39 Å². The number of hydrogen-bond acceptors (Lipinski definition) is 3. The highest BCUT2D eigenvalue weighted by Crippen LogP contribution is 2.20. The Morgan fingerprint density at radius 1 is 1.15 bits per heavy atom. The number of ether oxygens (including phenoxy) is 2. The molecular formula is C16H15FO3. The lowest BCUT2D eigenvalue weighted by atomic mass is 10.1. The van der Waals surface area contributed by atoms with E-state index in [0.29, 0.717) is 11.5 Å². The summed E-state index contributed by atoms with van der Waals surface area (Å²) < 4.78 is 23.6. The Kier molecular flexibility index (Phi) is 4.35. The molecule has 104 valence electrons. The van der Waals surface area contributed by atoms with Gasteiger partial charge in [0.15, 0.2) is 6.61 Å². The van der Waals surface area contributed by atoms with Gasteiger partial charge in [0, 0.05) is 0 Å². The Balaban J connectivity index is 2.08. The molecule has 0 aliphatic rings. The summed E-state index contributed by atoms with van der Waals surface area (Å²) in [6.07, 6.45) is 0. The summed E-state index contributed by atoms with van der Waals surface area (Å²) >= 11 is 0. The van der Waals surface area contributed by atoms with Crippen LogP contribution < -0.4 is 9.47 Å². The van der Waals surface area contributed by atoms with Gasteiger partial charge in [0.2, 0.25) is 5.78 Å². The fraction of sp³-hybridized carbons (Fsp3) is 0.188. The van der Waals surface area contributed by atoms with Gasteiger partial charge in [0.05, 0.1) is 12.7 Å². The van der Waals surface area contributed by atoms with Gasteiger partial charge in [0.25, 0.3) is 0 Å². The predicted octanol–water partition coefficient (Wildman–Crippen LogP) is 3.40. The first kappa shape index (κ1) is 14.1. The van der Waals surface area contributed by atoms with Crippen LogP contribution in [0.3, 0.4) is 0 Å². The van der Waals surface area contributed by atoms with Gasteiger partial charge in [-0.05, 0) is 37.3 Å². The van der Waals surface area contributed by atoms with Gasteiger partial charge in [-0.15, -0.1) is 0 Å². The first-order valence-electron chi connectivity index (χ1n) is 6.16. The normalized spacial score (nSPS) is 10.2. The van der Waals surface area contributed by atoms with Crippen LogP contribution in [0.2, 0.25) is 0 Å². The van der Waals surface area contributed by atoms with Crippen molar-refractivity contribution in [1.82, 2.24) is 0 Å². The molecular weight excluding hydrogens is 259 g/mol. The number of ketones is 1. The number of hydrogen-bond donors (Lipinski definition) is 0. The van der Waals surface area contributed by atoms with E-state index < -0.39 is 5.82 Å². The Morgan fingerprint density at radius 3 is 2.50 bits per heavy atom. The maximum atomic E-state index is 13.2. The van der Waals surface area contributed by atoms with Crippen LogP contribution in [-0.4, -0.2) is 19.5 Å². The molecule has 3 nitrogen and oxygen atoms in total. The molecule has 0 N–H and O–H groups in total. The number of rotatable bonds is 5. The zero-order valence-corrected chi connectivity index (χ0v) is 11.4. The van der Waals surface area contributed by atoms with Crippen molar-refractivity contribution in [3.8, 4) is 11.5 Å². The van der Waals surface area contributed by atoms with E-state index in [1.54, 1.807) is 12.1 Å². The molecule has 4 heteroatoms. The largest absolute Gasteiger partial charge is 0.496 e. The van der Waals surface area contributed by atoms with Crippen molar-refractivity contribution < 1.29 is 18.7 Å². The molecule has 0 aromatic heterocycles. The average Bonchev–Trinajstić information content (AvgIpc) is 2.46. The molecule has 2 aromatic rings. The van der Waals surface area contributed by atoms with Crippen molar-refractivity contribution in [2.24, 2.45) is 0 Å². The third-order valence-corrected chi connectivity index (χ3v) is 2.85. The Bertz CT molecular complexity index is 606. The molecule has 0 fully saturated rings. The lowest BCUT2D eigenvalue weighted by molar-refractivity contribution is 0.0918. The first-order valence-corrected chi connectivity index (χ1v) is 6.16. The second kappa shape index (κ2) is 6.19. The number of halogens is 1. The molecule has 0 bridgehead atoms. The van der Waals surface area contributed by atoms with E-state index in [9.17, 15) is 9.18 Å². The summed E-state index contributed by atoms with van der Waals surface area (Å²) in [5.41, 5.74) is 1.29. The number of carbonyl (C=O) groups excluding carboxylic acids is 1. The molecule has 0 amide bonds. The van der Waals surface area contributed by atoms with Crippen molar-refractivity contribution in [2.75, 3.05) is 13.7 Å². The van der Waals surface area contributed by atoms with Gasteiger partial charge < -0.3 is 9.47 Å². The van der Waals surface area contributed by atoms with Crippen LogP contribution in [0.25, 0.3) is 0 Å². The van der Waals surface area contributed by atoms with Gasteiger partial charge in [-0.2, -0.15) is 0 Å². The molecule has 0 saturated carbocycles. The van der Waals surface area contributed by atoms with Gasteiger partial charge >= 0.3 is 0 Å². The molecule has 0 aliphatic carbocycles. The monoisotopic (exact) mass is 274 g/mol. The van der Waals surface area contributed by atoms with Crippen molar-refractivity contribution in [3.05, 3.63) is 59.4 Å². The second-order valence-corrected chi connectivity index (χ2v) is 4.37. The maximum Gasteiger partial charge on any atom is 0.204 e. The summed E-state index contributed by atoms with van der Waals surface area (Å²) in [5.74, 6) is 0.120. The molecule has 0 spiro atoms. The van der Waals surface area contributed by atoms with E-state index in [-0.39, 0.29) is 18.0 Å². The first-order chi connectivity index (χ1) is 9.60. The third kappa shape index (κ3) is 3.35. The van der Waals surface area contributed by atoms with E-state index in [1.165, 1.54) is 19.2 Å². The molecule has 0 aliphatic heterocycles. The van der Waals surface area contributed by atoms with Gasteiger partial charge in [0.1, 0.15) is 17.3 Å². The Hall–Kier alpha value is -2.36. The smallest absolute Gasteiger partial charge is 0.204 e. The standard InChI is InChI=1S/C16H15FO3/c1-11-3-6-13(7-4-11)20-10-15(18)14-9-12(17)5-8-16(14)19-2/h3-9H,10H2,1-2H3. The molecule has 20 heavy (non-hydrogen) atoms. The van der Waals surface area contributed by atoms with Crippen molar-refractivity contribution in [1.29, 1.82) is 0 Å². The molecule has 0 heterocycles. The average molecular weight is 274 g/mol. The lowest BCUT2D eigenvalue weighted by Crippen LogP contribution is -2.13. The van der Waals surface area contributed by atoms with Gasteiger partial charge in [-0.3, -0.25) is 4.79 Å². The quantitative estimate of drug-likeness (QED) is 0.784. The van der Waals surface area contributed by atoms with Crippen LogP contribution in [0.1, 0.15) is 15.9 Å². The topological polar surface area (TPSA) is 35.5 Å². The summed E-state index contributed by atoms with van der Waals surface area (Å²) in [7, 11) is 1.44. The zero-order chi connectivity index (χ0) is 14.5. The SMILES string of the molecule is COc1ccc(F)cc1C(=O)COc1ccc(C)cc1. The van der Waals surface area contributed by atoms with Crippen molar-refractivity contribution in [3.63, 3.8) is 0 Å². The second-order valence-electron chi connectivity index (χ2n) is 4.37. The van der Waals surface area contributed by atoms with Gasteiger partial charge in [-0.1, -0.05) is 17.7 Å². The molecule has 0 radical (unpaired) electrons. The van der Waals surface area contributed by atoms with E-state index >= 15 is 0 Å². The summed E-state index contributed by atoms with van der Waals surface area (Å²) in [6.45, 7) is 1.80. The third-order valence-electron chi connectivity index (χ3n) is 2.85. The zero-order valence-electron chi connectivity index (χ0n) is 11.4. The predicted molar refractivity (Wildman–Crippen MR) is 74.0 cm³/mol. The fourth-order valence-electron chi connectivity index (χ4n) is 1.76. The van der Waals surface area contributed by atoms with Crippen LogP contribution >= 0.6 is 0 Å². The number of aryl methyl sites for hydroxylation is 1. The number of carbonyl (C=O) groups is 1. The minimum Gasteiger partial charge on any atom is -0.496 e. The highest BCUT2D eigenvalue weighted by Gasteiger charge is 2.14. The van der Waals surface area contributed by atoms with E-state index in [1.807, 2.05) is 19.1 Å². The Morgan fingerprint density at radius 2 is 1.85 bits per heavy atom. The van der Waals surface area contributed by atoms with E-state index in [4.69, 9.17) is 9.47 Å². The van der Waals surface area contributed by atoms with Crippen molar-refractivity contribution >= 4 is 5.78 Å². The number of Topliss-reactive ketones (excluding diaryl/α,β-unsaturated/α-hetero) is 1. The minimum atomic E-state index is -0.482. The van der Waals surface area contributed by atoms with Crippen LogP contribution in [0, 0.1) is 12.7 Å².